The monoisotopic (exact) mass is 242 g/mol. The van der Waals surface area contributed by atoms with Crippen LogP contribution >= 0.6 is 15.9 Å². The summed E-state index contributed by atoms with van der Waals surface area (Å²) in [6, 6.07) is 0.561. The van der Waals surface area contributed by atoms with Crippen LogP contribution in [-0.2, 0) is 0 Å². The maximum atomic E-state index is 4.22. The van der Waals surface area contributed by atoms with Crippen LogP contribution in [0.25, 0.3) is 0 Å². The molecule has 1 aliphatic rings. The smallest absolute Gasteiger partial charge is 0.146 e. The van der Waals surface area contributed by atoms with Gasteiger partial charge in [0, 0.05) is 26.3 Å². The van der Waals surface area contributed by atoms with Crippen molar-refractivity contribution in [3.63, 3.8) is 0 Å². The van der Waals surface area contributed by atoms with Gasteiger partial charge in [-0.05, 0) is 15.9 Å². The van der Waals surface area contributed by atoms with E-state index in [2.05, 4.69) is 43.2 Å². The van der Waals surface area contributed by atoms with Gasteiger partial charge < -0.3 is 10.2 Å². The maximum Gasteiger partial charge on any atom is 0.146 e. The summed E-state index contributed by atoms with van der Waals surface area (Å²) in [5, 5.41) is 3.23. The molecular formula is C8H11BrN4. The Balaban J connectivity index is 2.18. The zero-order valence-electron chi connectivity index (χ0n) is 7.37. The van der Waals surface area contributed by atoms with E-state index < -0.39 is 0 Å². The Morgan fingerprint density at radius 2 is 2.38 bits per heavy atom. The van der Waals surface area contributed by atoms with Gasteiger partial charge in [-0.25, -0.2) is 9.97 Å². The molecule has 2 rings (SSSR count). The topological polar surface area (TPSA) is 41.1 Å². The van der Waals surface area contributed by atoms with Gasteiger partial charge in [0.25, 0.3) is 0 Å². The van der Waals surface area contributed by atoms with Crippen molar-refractivity contribution in [3.8, 4) is 0 Å². The van der Waals surface area contributed by atoms with E-state index in [9.17, 15) is 0 Å². The second-order valence-corrected chi connectivity index (χ2v) is 3.97. The zero-order chi connectivity index (χ0) is 9.26. The van der Waals surface area contributed by atoms with Crippen molar-refractivity contribution >= 4 is 21.7 Å². The van der Waals surface area contributed by atoms with Crippen LogP contribution in [0.2, 0.25) is 0 Å². The third-order valence-electron chi connectivity index (χ3n) is 2.29. The Morgan fingerprint density at radius 3 is 2.92 bits per heavy atom. The largest absolute Gasteiger partial charge is 0.353 e. The van der Waals surface area contributed by atoms with E-state index in [-0.39, 0.29) is 0 Å². The molecule has 1 aromatic rings. The Bertz CT molecular complexity index is 300. The molecule has 70 valence electrons. The third kappa shape index (κ3) is 1.66. The Hall–Kier alpha value is -0.680. The van der Waals surface area contributed by atoms with Crippen LogP contribution in [0.5, 0.6) is 0 Å². The standard InChI is InChI=1S/C8H11BrN4/c1-13(6-2-10-3-6)8-7(9)4-11-5-12-8/h4-6,10H,2-3H2,1H3. The molecule has 0 saturated carbocycles. The Morgan fingerprint density at radius 1 is 1.62 bits per heavy atom. The highest BCUT2D eigenvalue weighted by molar-refractivity contribution is 9.10. The average Bonchev–Trinajstić information content (AvgIpc) is 2.01. The van der Waals surface area contributed by atoms with Crippen molar-refractivity contribution in [1.82, 2.24) is 15.3 Å². The maximum absolute atomic E-state index is 4.22. The minimum absolute atomic E-state index is 0.561. The second kappa shape index (κ2) is 3.59. The van der Waals surface area contributed by atoms with Gasteiger partial charge in [0.05, 0.1) is 10.5 Å². The predicted octanol–water partition coefficient (Wildman–Crippen LogP) is 0.647. The van der Waals surface area contributed by atoms with Gasteiger partial charge in [-0.1, -0.05) is 0 Å². The fourth-order valence-electron chi connectivity index (χ4n) is 1.29. The number of rotatable bonds is 2. The van der Waals surface area contributed by atoms with Crippen molar-refractivity contribution in [2.45, 2.75) is 6.04 Å². The number of nitrogens with one attached hydrogen (secondary N) is 1. The summed E-state index contributed by atoms with van der Waals surface area (Å²) in [6.45, 7) is 2.07. The number of hydrogen-bond donors (Lipinski definition) is 1. The Labute approximate surface area is 85.5 Å². The molecule has 0 atom stereocenters. The van der Waals surface area contributed by atoms with Crippen molar-refractivity contribution < 1.29 is 0 Å². The number of likely N-dealkylation sites (N-methyl/N-ethyl adjacent to an activating group) is 1. The lowest BCUT2D eigenvalue weighted by atomic mass is 10.1. The first kappa shape index (κ1) is 8.90. The normalized spacial score (nSPS) is 16.8. The lowest BCUT2D eigenvalue weighted by Gasteiger charge is -2.36. The zero-order valence-corrected chi connectivity index (χ0v) is 8.95. The molecule has 0 amide bonds. The van der Waals surface area contributed by atoms with Gasteiger partial charge >= 0.3 is 0 Å². The highest BCUT2D eigenvalue weighted by atomic mass is 79.9. The summed E-state index contributed by atoms with van der Waals surface area (Å²) in [5.74, 6) is 0.960. The summed E-state index contributed by atoms with van der Waals surface area (Å²) in [5.41, 5.74) is 0. The minimum Gasteiger partial charge on any atom is -0.353 e. The number of halogens is 1. The number of hydrogen-bond acceptors (Lipinski definition) is 4. The number of anilines is 1. The highest BCUT2D eigenvalue weighted by Crippen LogP contribution is 2.23. The molecule has 5 heteroatoms. The van der Waals surface area contributed by atoms with Crippen molar-refractivity contribution in [1.29, 1.82) is 0 Å². The lowest BCUT2D eigenvalue weighted by Crippen LogP contribution is -2.56. The van der Waals surface area contributed by atoms with Crippen LogP contribution in [0.1, 0.15) is 0 Å². The molecular weight excluding hydrogens is 232 g/mol. The van der Waals surface area contributed by atoms with Crippen LogP contribution in [0.4, 0.5) is 5.82 Å². The number of aromatic nitrogens is 2. The first-order valence-corrected chi connectivity index (χ1v) is 4.97. The molecule has 1 N–H and O–H groups in total. The van der Waals surface area contributed by atoms with Gasteiger partial charge in [0.15, 0.2) is 0 Å². The van der Waals surface area contributed by atoms with E-state index in [4.69, 9.17) is 0 Å². The minimum atomic E-state index is 0.561. The van der Waals surface area contributed by atoms with Crippen molar-refractivity contribution in [3.05, 3.63) is 17.0 Å². The van der Waals surface area contributed by atoms with E-state index >= 15 is 0 Å². The second-order valence-electron chi connectivity index (χ2n) is 3.12. The highest BCUT2D eigenvalue weighted by Gasteiger charge is 2.23. The molecule has 1 saturated heterocycles. The fraction of sp³-hybridized carbons (Fsp3) is 0.500. The fourth-order valence-corrected chi connectivity index (χ4v) is 1.79. The van der Waals surface area contributed by atoms with Gasteiger partial charge in [-0.2, -0.15) is 0 Å². The van der Waals surface area contributed by atoms with Crippen molar-refractivity contribution in [2.75, 3.05) is 25.0 Å². The summed E-state index contributed by atoms with van der Waals surface area (Å²) in [7, 11) is 2.05. The van der Waals surface area contributed by atoms with Crippen LogP contribution in [-0.4, -0.2) is 36.1 Å². The van der Waals surface area contributed by atoms with Gasteiger partial charge in [-0.15, -0.1) is 0 Å². The van der Waals surface area contributed by atoms with E-state index in [1.807, 2.05) is 0 Å². The molecule has 1 aliphatic heterocycles. The van der Waals surface area contributed by atoms with Crippen LogP contribution < -0.4 is 10.2 Å². The first-order valence-electron chi connectivity index (χ1n) is 4.18. The van der Waals surface area contributed by atoms with E-state index in [1.165, 1.54) is 0 Å². The number of nitrogens with zero attached hydrogens (tertiary/aromatic N) is 3. The average molecular weight is 243 g/mol. The third-order valence-corrected chi connectivity index (χ3v) is 2.85. The molecule has 0 bridgehead atoms. The van der Waals surface area contributed by atoms with E-state index in [1.54, 1.807) is 12.5 Å². The van der Waals surface area contributed by atoms with Gasteiger partial charge in [0.2, 0.25) is 0 Å². The molecule has 1 aromatic heterocycles. The molecule has 0 radical (unpaired) electrons. The molecule has 2 heterocycles. The van der Waals surface area contributed by atoms with E-state index in [0.717, 1.165) is 23.4 Å². The lowest BCUT2D eigenvalue weighted by molar-refractivity contribution is 0.426. The summed E-state index contributed by atoms with van der Waals surface area (Å²) in [6.07, 6.45) is 3.34. The Kier molecular flexibility index (Phi) is 2.46. The first-order chi connectivity index (χ1) is 6.29. The summed E-state index contributed by atoms with van der Waals surface area (Å²) in [4.78, 5) is 10.3. The van der Waals surface area contributed by atoms with Crippen LogP contribution in [0.3, 0.4) is 0 Å². The molecule has 0 aromatic carbocycles. The molecule has 0 unspecified atom stereocenters. The van der Waals surface area contributed by atoms with Gasteiger partial charge in [-0.3, -0.25) is 0 Å². The predicted molar refractivity (Wildman–Crippen MR) is 54.8 cm³/mol. The summed E-state index contributed by atoms with van der Waals surface area (Å²) >= 11 is 3.43. The molecule has 1 fully saturated rings. The molecule has 0 aliphatic carbocycles. The summed E-state index contributed by atoms with van der Waals surface area (Å²) < 4.78 is 0.949. The van der Waals surface area contributed by atoms with Crippen molar-refractivity contribution in [2.24, 2.45) is 0 Å². The molecule has 0 spiro atoms. The SMILES string of the molecule is CN(c1ncncc1Br)C1CNC1. The molecule has 4 nitrogen and oxygen atoms in total. The molecule has 13 heavy (non-hydrogen) atoms. The van der Waals surface area contributed by atoms with Gasteiger partial charge in [0.1, 0.15) is 12.1 Å². The van der Waals surface area contributed by atoms with Crippen LogP contribution in [0, 0.1) is 0 Å². The van der Waals surface area contributed by atoms with Crippen LogP contribution in [0.15, 0.2) is 17.0 Å². The van der Waals surface area contributed by atoms with E-state index in [0.29, 0.717) is 6.04 Å². The quantitative estimate of drug-likeness (QED) is 0.827.